The van der Waals surface area contributed by atoms with Crippen molar-refractivity contribution in [3.8, 4) is 10.6 Å². The molecule has 0 aliphatic rings. The molecule has 3 rings (SSSR count). The second-order valence-corrected chi connectivity index (χ2v) is 6.32. The lowest BCUT2D eigenvalue weighted by atomic mass is 10.1. The summed E-state index contributed by atoms with van der Waals surface area (Å²) >= 11 is 13.7. The summed E-state index contributed by atoms with van der Waals surface area (Å²) in [5.41, 5.74) is 3.20. The molecule has 2 aromatic heterocycles. The van der Waals surface area contributed by atoms with Gasteiger partial charge in [-0.1, -0.05) is 35.3 Å². The SMILES string of the molecule is Cc1[nH]c(Cc2ccc(Cl)c(Cl)c2)nc1-c1cccs1. The van der Waals surface area contributed by atoms with E-state index < -0.39 is 0 Å². The van der Waals surface area contributed by atoms with E-state index >= 15 is 0 Å². The quantitative estimate of drug-likeness (QED) is 0.692. The fourth-order valence-electron chi connectivity index (χ4n) is 2.10. The zero-order valence-electron chi connectivity index (χ0n) is 10.8. The van der Waals surface area contributed by atoms with E-state index in [1.54, 1.807) is 11.3 Å². The minimum atomic E-state index is 0.574. The Morgan fingerprint density at radius 3 is 2.75 bits per heavy atom. The summed E-state index contributed by atoms with van der Waals surface area (Å²) < 4.78 is 0. The topological polar surface area (TPSA) is 28.7 Å². The molecular weight excluding hydrogens is 311 g/mol. The van der Waals surface area contributed by atoms with Gasteiger partial charge in [-0.05, 0) is 36.1 Å². The van der Waals surface area contributed by atoms with Gasteiger partial charge in [0.25, 0.3) is 0 Å². The van der Waals surface area contributed by atoms with Crippen molar-refractivity contribution < 1.29 is 0 Å². The molecule has 3 aromatic rings. The third kappa shape index (κ3) is 2.75. The highest BCUT2D eigenvalue weighted by Gasteiger charge is 2.10. The molecule has 0 saturated carbocycles. The maximum absolute atomic E-state index is 6.04. The number of H-pyrrole nitrogens is 1. The second-order valence-electron chi connectivity index (χ2n) is 4.56. The van der Waals surface area contributed by atoms with Gasteiger partial charge in [-0.25, -0.2) is 4.98 Å². The Balaban J connectivity index is 1.88. The predicted octanol–water partition coefficient (Wildman–Crippen LogP) is 5.34. The normalized spacial score (nSPS) is 10.9. The number of aryl methyl sites for hydroxylation is 1. The second kappa shape index (κ2) is 5.60. The van der Waals surface area contributed by atoms with Crippen LogP contribution in [0.5, 0.6) is 0 Å². The average molecular weight is 323 g/mol. The zero-order valence-corrected chi connectivity index (χ0v) is 13.1. The molecule has 0 atom stereocenters. The van der Waals surface area contributed by atoms with Crippen LogP contribution in [0.3, 0.4) is 0 Å². The number of hydrogen-bond donors (Lipinski definition) is 1. The summed E-state index contributed by atoms with van der Waals surface area (Å²) in [6.45, 7) is 2.04. The molecular formula is C15H12Cl2N2S. The molecule has 0 aliphatic carbocycles. The highest BCUT2D eigenvalue weighted by Crippen LogP contribution is 2.27. The third-order valence-electron chi connectivity index (χ3n) is 3.04. The van der Waals surface area contributed by atoms with E-state index in [1.165, 1.54) is 4.88 Å². The van der Waals surface area contributed by atoms with E-state index in [4.69, 9.17) is 23.2 Å². The van der Waals surface area contributed by atoms with Crippen molar-refractivity contribution in [2.24, 2.45) is 0 Å². The van der Waals surface area contributed by atoms with Gasteiger partial charge in [-0.15, -0.1) is 11.3 Å². The summed E-state index contributed by atoms with van der Waals surface area (Å²) in [6, 6.07) is 9.78. The van der Waals surface area contributed by atoms with E-state index in [0.717, 1.165) is 22.8 Å². The third-order valence-corrected chi connectivity index (χ3v) is 4.66. The highest BCUT2D eigenvalue weighted by atomic mass is 35.5. The molecule has 0 amide bonds. The van der Waals surface area contributed by atoms with E-state index in [1.807, 2.05) is 31.2 Å². The molecule has 5 heteroatoms. The summed E-state index contributed by atoms with van der Waals surface area (Å²) in [7, 11) is 0. The van der Waals surface area contributed by atoms with Crippen molar-refractivity contribution in [3.05, 3.63) is 62.8 Å². The van der Waals surface area contributed by atoms with Crippen LogP contribution in [0.1, 0.15) is 17.1 Å². The van der Waals surface area contributed by atoms with Crippen LogP contribution >= 0.6 is 34.5 Å². The van der Waals surface area contributed by atoms with Gasteiger partial charge in [-0.3, -0.25) is 0 Å². The van der Waals surface area contributed by atoms with Gasteiger partial charge >= 0.3 is 0 Å². The molecule has 0 fully saturated rings. The molecule has 2 nitrogen and oxygen atoms in total. The van der Waals surface area contributed by atoms with Crippen molar-refractivity contribution >= 4 is 34.5 Å². The smallest absolute Gasteiger partial charge is 0.111 e. The van der Waals surface area contributed by atoms with Crippen LogP contribution in [-0.2, 0) is 6.42 Å². The number of imidazole rings is 1. The summed E-state index contributed by atoms with van der Waals surface area (Å²) in [5.74, 6) is 0.935. The Morgan fingerprint density at radius 2 is 2.05 bits per heavy atom. The van der Waals surface area contributed by atoms with Gasteiger partial charge in [0.2, 0.25) is 0 Å². The molecule has 102 valence electrons. The number of hydrogen-bond acceptors (Lipinski definition) is 2. The lowest BCUT2D eigenvalue weighted by molar-refractivity contribution is 1.02. The number of benzene rings is 1. The van der Waals surface area contributed by atoms with Crippen molar-refractivity contribution in [2.45, 2.75) is 13.3 Å². The van der Waals surface area contributed by atoms with Crippen molar-refractivity contribution in [1.82, 2.24) is 9.97 Å². The first kappa shape index (κ1) is 13.7. The summed E-state index contributed by atoms with van der Waals surface area (Å²) in [6.07, 6.45) is 0.711. The Labute approximate surface area is 131 Å². The van der Waals surface area contributed by atoms with Gasteiger partial charge < -0.3 is 4.98 Å². The molecule has 0 saturated heterocycles. The molecule has 0 radical (unpaired) electrons. The standard InChI is InChI=1S/C15H12Cl2N2S/c1-9-15(13-3-2-6-20-13)19-14(18-9)8-10-4-5-11(16)12(17)7-10/h2-7H,8H2,1H3,(H,18,19). The highest BCUT2D eigenvalue weighted by molar-refractivity contribution is 7.13. The van der Waals surface area contributed by atoms with Crippen LogP contribution in [-0.4, -0.2) is 9.97 Å². The first-order valence-electron chi connectivity index (χ1n) is 6.17. The van der Waals surface area contributed by atoms with Crippen LogP contribution in [0, 0.1) is 6.92 Å². The zero-order chi connectivity index (χ0) is 14.1. The summed E-state index contributed by atoms with van der Waals surface area (Å²) in [4.78, 5) is 9.19. The Hall–Kier alpha value is -1.29. The molecule has 1 N–H and O–H groups in total. The number of thiophene rings is 1. The number of nitrogens with one attached hydrogen (secondary N) is 1. The largest absolute Gasteiger partial charge is 0.345 e. The van der Waals surface area contributed by atoms with Crippen LogP contribution in [0.25, 0.3) is 10.6 Å². The number of rotatable bonds is 3. The maximum Gasteiger partial charge on any atom is 0.111 e. The fraction of sp³-hybridized carbons (Fsp3) is 0.133. The van der Waals surface area contributed by atoms with Crippen molar-refractivity contribution in [3.63, 3.8) is 0 Å². The van der Waals surface area contributed by atoms with Gasteiger partial charge in [0.15, 0.2) is 0 Å². The van der Waals surface area contributed by atoms with Crippen LogP contribution in [0.2, 0.25) is 10.0 Å². The molecule has 0 bridgehead atoms. The first-order valence-corrected chi connectivity index (χ1v) is 7.80. The number of aromatic nitrogens is 2. The first-order chi connectivity index (χ1) is 9.63. The minimum Gasteiger partial charge on any atom is -0.345 e. The van der Waals surface area contributed by atoms with Gasteiger partial charge in [0, 0.05) is 12.1 Å². The van der Waals surface area contributed by atoms with E-state index in [2.05, 4.69) is 21.4 Å². The maximum atomic E-state index is 6.04. The number of nitrogens with zero attached hydrogens (tertiary/aromatic N) is 1. The van der Waals surface area contributed by atoms with Crippen molar-refractivity contribution in [1.29, 1.82) is 0 Å². The predicted molar refractivity (Wildman–Crippen MR) is 85.9 cm³/mol. The molecule has 1 aromatic carbocycles. The van der Waals surface area contributed by atoms with E-state index in [0.29, 0.717) is 16.5 Å². The molecule has 0 aliphatic heterocycles. The number of aromatic amines is 1. The monoisotopic (exact) mass is 322 g/mol. The van der Waals surface area contributed by atoms with Gasteiger partial charge in [0.1, 0.15) is 11.5 Å². The average Bonchev–Trinajstić information content (AvgIpc) is 3.03. The lowest BCUT2D eigenvalue weighted by Gasteiger charge is -2.00. The van der Waals surface area contributed by atoms with Crippen LogP contribution in [0.15, 0.2) is 35.7 Å². The van der Waals surface area contributed by atoms with E-state index in [9.17, 15) is 0 Å². The van der Waals surface area contributed by atoms with E-state index in [-0.39, 0.29) is 0 Å². The van der Waals surface area contributed by atoms with Gasteiger partial charge in [0.05, 0.1) is 14.9 Å². The Kier molecular flexibility index (Phi) is 3.83. The van der Waals surface area contributed by atoms with Gasteiger partial charge in [-0.2, -0.15) is 0 Å². The summed E-state index contributed by atoms with van der Waals surface area (Å²) in [5, 5.41) is 3.21. The lowest BCUT2D eigenvalue weighted by Crippen LogP contribution is -1.91. The van der Waals surface area contributed by atoms with Crippen LogP contribution in [0.4, 0.5) is 0 Å². The number of halogens is 2. The molecule has 2 heterocycles. The van der Waals surface area contributed by atoms with Crippen molar-refractivity contribution in [2.75, 3.05) is 0 Å². The minimum absolute atomic E-state index is 0.574. The fourth-order valence-corrected chi connectivity index (χ4v) is 3.19. The molecule has 20 heavy (non-hydrogen) atoms. The molecule has 0 unspecified atom stereocenters. The Bertz CT molecular complexity index is 732. The molecule has 0 spiro atoms. The van der Waals surface area contributed by atoms with Crippen LogP contribution < -0.4 is 0 Å². The Morgan fingerprint density at radius 1 is 1.20 bits per heavy atom.